The Morgan fingerprint density at radius 2 is 1.77 bits per heavy atom. The van der Waals surface area contributed by atoms with E-state index in [0.717, 1.165) is 5.69 Å². The SMILES string of the molecule is CC(C)(C)c1cc(NC(=O)C2=NN(c3ccccc3)C(=O)CC2)n(-c2ccccn2)n1. The number of hydrogen-bond donors (Lipinski definition) is 1. The van der Waals surface area contributed by atoms with E-state index in [2.05, 4.69) is 41.3 Å². The van der Waals surface area contributed by atoms with Gasteiger partial charge < -0.3 is 5.32 Å². The lowest BCUT2D eigenvalue weighted by Crippen LogP contribution is -2.36. The summed E-state index contributed by atoms with van der Waals surface area (Å²) in [5.41, 5.74) is 1.53. The van der Waals surface area contributed by atoms with Crippen LogP contribution in [0.25, 0.3) is 5.82 Å². The Labute approximate surface area is 180 Å². The van der Waals surface area contributed by atoms with Crippen molar-refractivity contribution >= 4 is 29.0 Å². The highest BCUT2D eigenvalue weighted by Crippen LogP contribution is 2.26. The molecule has 0 aliphatic carbocycles. The number of pyridine rings is 1. The first-order valence-electron chi connectivity index (χ1n) is 10.1. The largest absolute Gasteiger partial charge is 0.305 e. The number of hydrogen-bond acceptors (Lipinski definition) is 5. The van der Waals surface area contributed by atoms with Gasteiger partial charge in [-0.15, -0.1) is 0 Å². The van der Waals surface area contributed by atoms with Crippen molar-refractivity contribution in [1.29, 1.82) is 0 Å². The molecule has 0 saturated heterocycles. The first-order valence-corrected chi connectivity index (χ1v) is 10.1. The molecule has 31 heavy (non-hydrogen) atoms. The molecule has 8 nitrogen and oxygen atoms in total. The van der Waals surface area contributed by atoms with Crippen LogP contribution >= 0.6 is 0 Å². The van der Waals surface area contributed by atoms with Crippen molar-refractivity contribution in [2.45, 2.75) is 39.0 Å². The number of para-hydroxylation sites is 1. The standard InChI is InChI=1S/C23H24N6O2/c1-23(2,3)18-15-20(29(27-18)19-11-7-8-14-24-19)25-22(31)17-12-13-21(30)28(26-17)16-9-5-4-6-10-16/h4-11,14-15H,12-13H2,1-3H3,(H,25,31). The van der Waals surface area contributed by atoms with Gasteiger partial charge in [0.2, 0.25) is 5.91 Å². The van der Waals surface area contributed by atoms with Gasteiger partial charge in [0.15, 0.2) is 5.82 Å². The van der Waals surface area contributed by atoms with Gasteiger partial charge in [-0.05, 0) is 24.3 Å². The minimum Gasteiger partial charge on any atom is -0.305 e. The number of rotatable bonds is 4. The first kappa shape index (κ1) is 20.5. The number of benzene rings is 1. The number of carbonyl (C=O) groups is 2. The molecule has 8 heteroatoms. The zero-order valence-corrected chi connectivity index (χ0v) is 17.7. The summed E-state index contributed by atoms with van der Waals surface area (Å²) in [5, 5.41) is 13.2. The van der Waals surface area contributed by atoms with Gasteiger partial charge in [0.25, 0.3) is 5.91 Å². The third-order valence-corrected chi connectivity index (χ3v) is 4.88. The molecule has 3 heterocycles. The lowest BCUT2D eigenvalue weighted by molar-refractivity contribution is -0.118. The van der Waals surface area contributed by atoms with E-state index < -0.39 is 0 Å². The Bertz CT molecular complexity index is 1130. The van der Waals surface area contributed by atoms with Gasteiger partial charge in [-0.2, -0.15) is 14.9 Å². The molecule has 2 amide bonds. The van der Waals surface area contributed by atoms with Crippen LogP contribution in [0.1, 0.15) is 39.3 Å². The zero-order valence-electron chi connectivity index (χ0n) is 17.7. The molecule has 1 aliphatic heterocycles. The van der Waals surface area contributed by atoms with Crippen LogP contribution in [-0.2, 0) is 15.0 Å². The summed E-state index contributed by atoms with van der Waals surface area (Å²) in [6.07, 6.45) is 2.17. The van der Waals surface area contributed by atoms with E-state index in [-0.39, 0.29) is 35.8 Å². The van der Waals surface area contributed by atoms with Crippen LogP contribution in [0.2, 0.25) is 0 Å². The van der Waals surface area contributed by atoms with Crippen molar-refractivity contribution in [2.24, 2.45) is 5.10 Å². The summed E-state index contributed by atoms with van der Waals surface area (Å²) in [4.78, 5) is 29.7. The molecule has 1 N–H and O–H groups in total. The van der Waals surface area contributed by atoms with Gasteiger partial charge >= 0.3 is 0 Å². The van der Waals surface area contributed by atoms with Crippen molar-refractivity contribution < 1.29 is 9.59 Å². The van der Waals surface area contributed by atoms with E-state index in [4.69, 9.17) is 0 Å². The van der Waals surface area contributed by atoms with E-state index in [1.807, 2.05) is 42.5 Å². The molecule has 2 aromatic heterocycles. The lowest BCUT2D eigenvalue weighted by Gasteiger charge is -2.23. The summed E-state index contributed by atoms with van der Waals surface area (Å²) >= 11 is 0. The number of nitrogens with zero attached hydrogens (tertiary/aromatic N) is 5. The van der Waals surface area contributed by atoms with Crippen molar-refractivity contribution in [3.05, 3.63) is 66.5 Å². The lowest BCUT2D eigenvalue weighted by atomic mass is 9.92. The van der Waals surface area contributed by atoms with Gasteiger partial charge in [-0.3, -0.25) is 9.59 Å². The molecule has 158 valence electrons. The third-order valence-electron chi connectivity index (χ3n) is 4.88. The number of carbonyl (C=O) groups excluding carboxylic acids is 2. The Balaban J connectivity index is 1.65. The van der Waals surface area contributed by atoms with Crippen molar-refractivity contribution in [1.82, 2.24) is 14.8 Å². The molecule has 0 radical (unpaired) electrons. The molecule has 0 saturated carbocycles. The van der Waals surface area contributed by atoms with E-state index >= 15 is 0 Å². The van der Waals surface area contributed by atoms with E-state index in [1.54, 1.807) is 23.0 Å². The highest BCUT2D eigenvalue weighted by atomic mass is 16.2. The average molecular weight is 416 g/mol. The first-order chi connectivity index (χ1) is 14.8. The fourth-order valence-corrected chi connectivity index (χ4v) is 3.17. The summed E-state index contributed by atoms with van der Waals surface area (Å²) in [6, 6.07) is 16.4. The van der Waals surface area contributed by atoms with Crippen molar-refractivity contribution in [2.75, 3.05) is 10.3 Å². The summed E-state index contributed by atoms with van der Waals surface area (Å²) < 4.78 is 1.61. The summed E-state index contributed by atoms with van der Waals surface area (Å²) in [5.74, 6) is 0.585. The second kappa shape index (κ2) is 8.14. The van der Waals surface area contributed by atoms with Crippen LogP contribution in [0, 0.1) is 0 Å². The number of nitrogens with one attached hydrogen (secondary N) is 1. The van der Waals surface area contributed by atoms with Crippen molar-refractivity contribution in [3.8, 4) is 5.82 Å². The van der Waals surface area contributed by atoms with Crippen LogP contribution < -0.4 is 10.3 Å². The average Bonchev–Trinajstić information content (AvgIpc) is 3.19. The third kappa shape index (κ3) is 4.37. The molecular formula is C23H24N6O2. The number of amides is 2. The van der Waals surface area contributed by atoms with Gasteiger partial charge in [0.1, 0.15) is 11.5 Å². The molecule has 0 atom stereocenters. The van der Waals surface area contributed by atoms with E-state index in [1.165, 1.54) is 5.01 Å². The second-order valence-electron chi connectivity index (χ2n) is 8.31. The molecular weight excluding hydrogens is 392 g/mol. The van der Waals surface area contributed by atoms with Crippen LogP contribution in [0.5, 0.6) is 0 Å². The maximum Gasteiger partial charge on any atom is 0.273 e. The molecule has 0 unspecified atom stereocenters. The van der Waals surface area contributed by atoms with Crippen LogP contribution in [0.3, 0.4) is 0 Å². The fraction of sp³-hybridized carbons (Fsp3) is 0.261. The molecule has 1 aliphatic rings. The summed E-state index contributed by atoms with van der Waals surface area (Å²) in [6.45, 7) is 6.16. The van der Waals surface area contributed by atoms with Crippen LogP contribution in [-0.4, -0.2) is 32.3 Å². The molecule has 0 fully saturated rings. The second-order valence-corrected chi connectivity index (χ2v) is 8.31. The fourth-order valence-electron chi connectivity index (χ4n) is 3.17. The predicted molar refractivity (Wildman–Crippen MR) is 119 cm³/mol. The summed E-state index contributed by atoms with van der Waals surface area (Å²) in [7, 11) is 0. The number of anilines is 2. The monoisotopic (exact) mass is 416 g/mol. The molecule has 0 bridgehead atoms. The normalized spacial score (nSPS) is 14.4. The molecule has 1 aromatic carbocycles. The molecule has 4 rings (SSSR count). The quantitative estimate of drug-likeness (QED) is 0.702. The number of hydrazone groups is 1. The van der Waals surface area contributed by atoms with Crippen LogP contribution in [0.15, 0.2) is 65.9 Å². The molecule has 0 spiro atoms. The minimum atomic E-state index is -0.369. The van der Waals surface area contributed by atoms with Gasteiger partial charge in [-0.25, -0.2) is 9.99 Å². The van der Waals surface area contributed by atoms with E-state index in [9.17, 15) is 9.59 Å². The smallest absolute Gasteiger partial charge is 0.273 e. The van der Waals surface area contributed by atoms with Gasteiger partial charge in [0, 0.05) is 30.5 Å². The highest BCUT2D eigenvalue weighted by Gasteiger charge is 2.27. The predicted octanol–water partition coefficient (Wildman–Crippen LogP) is 3.69. The van der Waals surface area contributed by atoms with Gasteiger partial charge in [-0.1, -0.05) is 45.0 Å². The number of aromatic nitrogens is 3. The minimum absolute atomic E-state index is 0.142. The van der Waals surface area contributed by atoms with Gasteiger partial charge in [0.05, 0.1) is 11.4 Å². The Kier molecular flexibility index (Phi) is 5.37. The molecule has 3 aromatic rings. The van der Waals surface area contributed by atoms with Crippen LogP contribution in [0.4, 0.5) is 11.5 Å². The Hall–Kier alpha value is -3.81. The van der Waals surface area contributed by atoms with E-state index in [0.29, 0.717) is 17.3 Å². The Morgan fingerprint density at radius 3 is 2.45 bits per heavy atom. The topological polar surface area (TPSA) is 92.5 Å². The maximum absolute atomic E-state index is 13.1. The van der Waals surface area contributed by atoms with Crippen molar-refractivity contribution in [3.63, 3.8) is 0 Å². The highest BCUT2D eigenvalue weighted by molar-refractivity contribution is 6.44. The Morgan fingerprint density at radius 1 is 1.03 bits per heavy atom. The zero-order chi connectivity index (χ0) is 22.0. The maximum atomic E-state index is 13.1.